The molecule has 2 aromatic carbocycles. The Kier molecular flexibility index (Phi) is 5.03. The van der Waals surface area contributed by atoms with E-state index in [2.05, 4.69) is 38.1 Å². The lowest BCUT2D eigenvalue weighted by Gasteiger charge is -2.25. The molecule has 7 heteroatoms. The molecule has 1 aliphatic heterocycles. The van der Waals surface area contributed by atoms with Gasteiger partial charge in [0.25, 0.3) is 0 Å². The molecule has 0 bridgehead atoms. The Morgan fingerprint density at radius 2 is 1.83 bits per heavy atom. The van der Waals surface area contributed by atoms with E-state index in [0.29, 0.717) is 24.2 Å². The van der Waals surface area contributed by atoms with Crippen LogP contribution in [0.4, 0.5) is 5.95 Å². The lowest BCUT2D eigenvalue weighted by Crippen LogP contribution is -2.29. The first-order valence-electron chi connectivity index (χ1n) is 10.1. The molecule has 1 fully saturated rings. The Hall–Kier alpha value is -3.45. The summed E-state index contributed by atoms with van der Waals surface area (Å²) in [6, 6.07) is 16.5. The molecule has 152 valence electrons. The van der Waals surface area contributed by atoms with Gasteiger partial charge in [-0.3, -0.25) is 0 Å². The van der Waals surface area contributed by atoms with Crippen LogP contribution < -0.4 is 10.1 Å². The fraction of sp³-hybridized carbons (Fsp3) is 0.261. The minimum absolute atomic E-state index is 0.340. The van der Waals surface area contributed by atoms with Crippen molar-refractivity contribution in [2.24, 2.45) is 13.0 Å². The van der Waals surface area contributed by atoms with Crippen molar-refractivity contribution in [3.63, 3.8) is 0 Å². The van der Waals surface area contributed by atoms with Crippen molar-refractivity contribution in [1.29, 1.82) is 0 Å². The highest BCUT2D eigenvalue weighted by atomic mass is 16.5. The smallest absolute Gasteiger partial charge is 0.321 e. The van der Waals surface area contributed by atoms with Crippen LogP contribution in [-0.2, 0) is 24.8 Å². The molecule has 1 saturated heterocycles. The summed E-state index contributed by atoms with van der Waals surface area (Å²) in [7, 11) is 2.05. The number of ether oxygens (including phenoxy) is 2. The van der Waals surface area contributed by atoms with E-state index >= 15 is 0 Å². The van der Waals surface area contributed by atoms with Gasteiger partial charge in [0.2, 0.25) is 5.95 Å². The summed E-state index contributed by atoms with van der Waals surface area (Å²) >= 11 is 0. The fourth-order valence-corrected chi connectivity index (χ4v) is 3.56. The number of nitrogens with one attached hydrogen (secondary N) is 1. The van der Waals surface area contributed by atoms with Gasteiger partial charge in [-0.1, -0.05) is 18.2 Å². The fourth-order valence-electron chi connectivity index (χ4n) is 3.56. The number of hydrogen-bond donors (Lipinski definition) is 1. The minimum atomic E-state index is 0.340. The molecule has 30 heavy (non-hydrogen) atoms. The highest BCUT2D eigenvalue weighted by Gasteiger charge is 2.19. The molecule has 0 radical (unpaired) electrons. The number of imidazole rings is 1. The third-order valence-electron chi connectivity index (χ3n) is 5.30. The number of aryl methyl sites for hydroxylation is 1. The highest BCUT2D eigenvalue weighted by molar-refractivity contribution is 5.79. The number of hydrogen-bond acceptors (Lipinski definition) is 6. The summed E-state index contributed by atoms with van der Waals surface area (Å²) in [5.41, 5.74) is 4.61. The molecule has 0 unspecified atom stereocenters. The summed E-state index contributed by atoms with van der Waals surface area (Å²) in [5, 5.41) is 3.44. The second-order valence-corrected chi connectivity index (χ2v) is 7.56. The number of nitrogens with zero attached hydrogens (tertiary/aromatic N) is 4. The van der Waals surface area contributed by atoms with E-state index in [1.54, 1.807) is 18.5 Å². The SMILES string of the molecule is Cn1c(NCc2ccc(Oc3ncccn3)cc2)nc2ccc(CC3COC3)cc21. The highest BCUT2D eigenvalue weighted by Crippen LogP contribution is 2.24. The van der Waals surface area contributed by atoms with Crippen molar-refractivity contribution < 1.29 is 9.47 Å². The number of rotatable bonds is 7. The lowest BCUT2D eigenvalue weighted by molar-refractivity contribution is -0.0312. The summed E-state index contributed by atoms with van der Waals surface area (Å²) < 4.78 is 13.0. The zero-order valence-electron chi connectivity index (χ0n) is 16.8. The van der Waals surface area contributed by atoms with Crippen LogP contribution >= 0.6 is 0 Å². The Labute approximate surface area is 174 Å². The summed E-state index contributed by atoms with van der Waals surface area (Å²) in [4.78, 5) is 12.9. The molecule has 3 heterocycles. The standard InChI is InChI=1S/C23H23N5O2/c1-28-21-12-17(11-18-14-29-15-18)5-8-20(21)27-22(28)26-13-16-3-6-19(7-4-16)30-23-24-9-2-10-25-23/h2-10,12,18H,11,13-15H2,1H3,(H,26,27). The molecular weight excluding hydrogens is 378 g/mol. The molecule has 1 N–H and O–H groups in total. The maximum absolute atomic E-state index is 5.64. The summed E-state index contributed by atoms with van der Waals surface area (Å²) in [5.74, 6) is 2.21. The van der Waals surface area contributed by atoms with E-state index in [0.717, 1.165) is 42.2 Å². The van der Waals surface area contributed by atoms with Crippen molar-refractivity contribution in [1.82, 2.24) is 19.5 Å². The van der Waals surface area contributed by atoms with Crippen LogP contribution in [0.3, 0.4) is 0 Å². The Bertz CT molecular complexity index is 1140. The van der Waals surface area contributed by atoms with Gasteiger partial charge < -0.3 is 19.4 Å². The molecule has 4 aromatic rings. The van der Waals surface area contributed by atoms with Crippen LogP contribution in [-0.4, -0.2) is 32.7 Å². The van der Waals surface area contributed by atoms with E-state index in [9.17, 15) is 0 Å². The minimum Gasteiger partial charge on any atom is -0.424 e. The topological polar surface area (TPSA) is 74.1 Å². The van der Waals surface area contributed by atoms with Crippen molar-refractivity contribution in [3.05, 3.63) is 72.1 Å². The second-order valence-electron chi connectivity index (χ2n) is 7.56. The Morgan fingerprint density at radius 1 is 1.07 bits per heavy atom. The van der Waals surface area contributed by atoms with Gasteiger partial charge in [-0.15, -0.1) is 0 Å². The zero-order valence-corrected chi connectivity index (χ0v) is 16.8. The van der Waals surface area contributed by atoms with E-state index in [1.807, 2.05) is 31.3 Å². The first kappa shape index (κ1) is 18.6. The maximum atomic E-state index is 5.64. The van der Waals surface area contributed by atoms with Crippen molar-refractivity contribution in [2.45, 2.75) is 13.0 Å². The molecule has 2 aromatic heterocycles. The number of benzene rings is 2. The normalized spacial score (nSPS) is 13.9. The number of fused-ring (bicyclic) bond motifs is 1. The maximum Gasteiger partial charge on any atom is 0.321 e. The lowest BCUT2D eigenvalue weighted by atomic mass is 9.98. The average Bonchev–Trinajstić information content (AvgIpc) is 3.06. The van der Waals surface area contributed by atoms with Crippen LogP contribution in [0, 0.1) is 5.92 Å². The van der Waals surface area contributed by atoms with Gasteiger partial charge in [-0.25, -0.2) is 15.0 Å². The third kappa shape index (κ3) is 3.97. The van der Waals surface area contributed by atoms with Gasteiger partial charge in [0.1, 0.15) is 5.75 Å². The monoisotopic (exact) mass is 401 g/mol. The molecule has 0 aliphatic carbocycles. The Morgan fingerprint density at radius 3 is 2.57 bits per heavy atom. The Balaban J connectivity index is 1.24. The van der Waals surface area contributed by atoms with Gasteiger partial charge in [-0.2, -0.15) is 0 Å². The van der Waals surface area contributed by atoms with Gasteiger partial charge >= 0.3 is 6.01 Å². The molecule has 0 atom stereocenters. The first-order valence-corrected chi connectivity index (χ1v) is 10.1. The predicted molar refractivity (Wildman–Crippen MR) is 115 cm³/mol. The molecule has 0 spiro atoms. The molecule has 1 aliphatic rings. The van der Waals surface area contributed by atoms with E-state index in [-0.39, 0.29) is 0 Å². The molecule has 7 nitrogen and oxygen atoms in total. The molecule has 5 rings (SSSR count). The van der Waals surface area contributed by atoms with Crippen LogP contribution in [0.25, 0.3) is 11.0 Å². The van der Waals surface area contributed by atoms with Crippen molar-refractivity contribution >= 4 is 17.0 Å². The van der Waals surface area contributed by atoms with Crippen LogP contribution in [0.1, 0.15) is 11.1 Å². The van der Waals surface area contributed by atoms with Gasteiger partial charge in [0.15, 0.2) is 0 Å². The second kappa shape index (κ2) is 8.12. The first-order chi connectivity index (χ1) is 14.7. The quantitative estimate of drug-likeness (QED) is 0.505. The third-order valence-corrected chi connectivity index (χ3v) is 5.30. The van der Waals surface area contributed by atoms with E-state index < -0.39 is 0 Å². The van der Waals surface area contributed by atoms with Crippen molar-refractivity contribution in [2.75, 3.05) is 18.5 Å². The van der Waals surface area contributed by atoms with Crippen LogP contribution in [0.15, 0.2) is 60.9 Å². The van der Waals surface area contributed by atoms with Gasteiger partial charge in [0.05, 0.1) is 24.2 Å². The van der Waals surface area contributed by atoms with E-state index in [4.69, 9.17) is 14.5 Å². The van der Waals surface area contributed by atoms with Crippen molar-refractivity contribution in [3.8, 4) is 11.8 Å². The average molecular weight is 401 g/mol. The van der Waals surface area contributed by atoms with E-state index in [1.165, 1.54) is 5.56 Å². The summed E-state index contributed by atoms with van der Waals surface area (Å²) in [6.45, 7) is 2.42. The van der Waals surface area contributed by atoms with Crippen LogP contribution in [0.5, 0.6) is 11.8 Å². The number of anilines is 1. The summed E-state index contributed by atoms with van der Waals surface area (Å²) in [6.07, 6.45) is 4.37. The predicted octanol–water partition coefficient (Wildman–Crippen LogP) is 3.96. The van der Waals surface area contributed by atoms with Gasteiger partial charge in [0, 0.05) is 31.9 Å². The molecular formula is C23H23N5O2. The molecule has 0 saturated carbocycles. The molecule has 0 amide bonds. The van der Waals surface area contributed by atoms with Crippen LogP contribution in [0.2, 0.25) is 0 Å². The zero-order chi connectivity index (χ0) is 20.3. The number of aromatic nitrogens is 4. The van der Waals surface area contributed by atoms with Gasteiger partial charge in [-0.05, 0) is 47.9 Å². The largest absolute Gasteiger partial charge is 0.424 e.